The number of hydrogen-bond donors (Lipinski definition) is 2. The van der Waals surface area contributed by atoms with E-state index >= 15 is 0 Å². The fraction of sp³-hybridized carbons (Fsp3) is 0.500. The molecule has 19 heavy (non-hydrogen) atoms. The fourth-order valence-corrected chi connectivity index (χ4v) is 3.64. The maximum atomic E-state index is 12.5. The first kappa shape index (κ1) is 14.1. The molecule has 0 saturated heterocycles. The molecule has 106 valence electrons. The third-order valence-corrected chi connectivity index (χ3v) is 5.03. The largest absolute Gasteiger partial charge is 0.495 e. The number of aliphatic hydroxyl groups is 1. The summed E-state index contributed by atoms with van der Waals surface area (Å²) in [5.41, 5.74) is 6.07. The molecule has 1 aliphatic carbocycles. The molecule has 1 aromatic rings. The SMILES string of the molecule is COc1cc(S(=O)(=O)N(CCO)C2CC2)ccc1N. The Labute approximate surface area is 112 Å². The molecular formula is C12H18N2O4S. The summed E-state index contributed by atoms with van der Waals surface area (Å²) in [6.45, 7) is -0.0818. The van der Waals surface area contributed by atoms with Gasteiger partial charge in [0.15, 0.2) is 0 Å². The van der Waals surface area contributed by atoms with Crippen LogP contribution in [0.15, 0.2) is 23.1 Å². The van der Waals surface area contributed by atoms with E-state index in [0.717, 1.165) is 12.8 Å². The molecule has 0 aromatic heterocycles. The molecule has 0 bridgehead atoms. The van der Waals surface area contributed by atoms with E-state index in [1.54, 1.807) is 0 Å². The summed E-state index contributed by atoms with van der Waals surface area (Å²) in [5.74, 6) is 0.334. The van der Waals surface area contributed by atoms with E-state index in [0.29, 0.717) is 11.4 Å². The molecule has 7 heteroatoms. The number of hydrogen-bond acceptors (Lipinski definition) is 5. The van der Waals surface area contributed by atoms with Gasteiger partial charge in [-0.2, -0.15) is 4.31 Å². The zero-order valence-corrected chi connectivity index (χ0v) is 11.6. The molecule has 3 N–H and O–H groups in total. The minimum Gasteiger partial charge on any atom is -0.495 e. The minimum absolute atomic E-state index is 0.000646. The lowest BCUT2D eigenvalue weighted by atomic mass is 10.3. The summed E-state index contributed by atoms with van der Waals surface area (Å²) < 4.78 is 31.4. The van der Waals surface area contributed by atoms with Crippen molar-refractivity contribution in [1.29, 1.82) is 0 Å². The first-order chi connectivity index (χ1) is 9.00. The molecule has 0 aliphatic heterocycles. The van der Waals surface area contributed by atoms with Crippen molar-refractivity contribution < 1.29 is 18.3 Å². The van der Waals surface area contributed by atoms with Gasteiger partial charge in [0, 0.05) is 18.7 Å². The maximum Gasteiger partial charge on any atom is 0.243 e. The zero-order chi connectivity index (χ0) is 14.0. The number of nitrogen functional groups attached to an aromatic ring is 1. The highest BCUT2D eigenvalue weighted by Crippen LogP contribution is 2.33. The minimum atomic E-state index is -3.61. The molecule has 1 saturated carbocycles. The Hall–Kier alpha value is -1.31. The second-order valence-electron chi connectivity index (χ2n) is 4.47. The summed E-state index contributed by atoms with van der Waals surface area (Å²) in [5, 5.41) is 9.02. The Morgan fingerprint density at radius 1 is 1.47 bits per heavy atom. The van der Waals surface area contributed by atoms with Gasteiger partial charge in [-0.3, -0.25) is 0 Å². The number of sulfonamides is 1. The van der Waals surface area contributed by atoms with Crippen LogP contribution in [0, 0.1) is 0 Å². The molecule has 1 aliphatic rings. The summed E-state index contributed by atoms with van der Waals surface area (Å²) >= 11 is 0. The van der Waals surface area contributed by atoms with Crippen LogP contribution in [0.2, 0.25) is 0 Å². The number of ether oxygens (including phenoxy) is 1. The first-order valence-corrected chi connectivity index (χ1v) is 7.51. The van der Waals surface area contributed by atoms with Gasteiger partial charge in [-0.05, 0) is 25.0 Å². The van der Waals surface area contributed by atoms with Gasteiger partial charge < -0.3 is 15.6 Å². The standard InChI is InChI=1S/C12H18N2O4S/c1-18-12-8-10(4-5-11(12)13)19(16,17)14(6-7-15)9-2-3-9/h4-5,8-9,15H,2-3,6-7,13H2,1H3. The maximum absolute atomic E-state index is 12.5. The molecule has 1 aromatic carbocycles. The number of nitrogens with zero attached hydrogens (tertiary/aromatic N) is 1. The average molecular weight is 286 g/mol. The zero-order valence-electron chi connectivity index (χ0n) is 10.7. The van der Waals surface area contributed by atoms with E-state index in [1.807, 2.05) is 0 Å². The third-order valence-electron chi connectivity index (χ3n) is 3.09. The van der Waals surface area contributed by atoms with Gasteiger partial charge in [0.05, 0.1) is 24.3 Å². The molecule has 6 nitrogen and oxygen atoms in total. The van der Waals surface area contributed by atoms with E-state index in [-0.39, 0.29) is 24.1 Å². The highest BCUT2D eigenvalue weighted by atomic mass is 32.2. The van der Waals surface area contributed by atoms with Gasteiger partial charge in [-0.25, -0.2) is 8.42 Å². The van der Waals surface area contributed by atoms with Crippen molar-refractivity contribution in [2.45, 2.75) is 23.8 Å². The van der Waals surface area contributed by atoms with E-state index in [4.69, 9.17) is 15.6 Å². The Balaban J connectivity index is 2.37. The Morgan fingerprint density at radius 3 is 2.68 bits per heavy atom. The molecule has 0 heterocycles. The second kappa shape index (κ2) is 5.36. The predicted octanol–water partition coefficient (Wildman–Crippen LogP) is 0.423. The van der Waals surface area contributed by atoms with Crippen LogP contribution < -0.4 is 10.5 Å². The fourth-order valence-electron chi connectivity index (χ4n) is 1.95. The average Bonchev–Trinajstić information content (AvgIpc) is 3.20. The van der Waals surface area contributed by atoms with Crippen molar-refractivity contribution >= 4 is 15.7 Å². The van der Waals surface area contributed by atoms with Crippen LogP contribution >= 0.6 is 0 Å². The van der Waals surface area contributed by atoms with Crippen molar-refractivity contribution in [2.24, 2.45) is 0 Å². The summed E-state index contributed by atoms with van der Waals surface area (Å²) in [6, 6.07) is 4.38. The third kappa shape index (κ3) is 2.83. The molecule has 0 amide bonds. The number of anilines is 1. The molecule has 0 radical (unpaired) electrons. The quantitative estimate of drug-likeness (QED) is 0.739. The number of methoxy groups -OCH3 is 1. The van der Waals surface area contributed by atoms with Crippen molar-refractivity contribution in [2.75, 3.05) is 26.0 Å². The molecule has 1 fully saturated rings. The first-order valence-electron chi connectivity index (χ1n) is 6.07. The molecule has 0 atom stereocenters. The summed E-state index contributed by atoms with van der Waals surface area (Å²) in [6.07, 6.45) is 1.68. The smallest absolute Gasteiger partial charge is 0.243 e. The van der Waals surface area contributed by atoms with Crippen molar-refractivity contribution in [1.82, 2.24) is 4.31 Å². The number of nitrogens with two attached hydrogens (primary N) is 1. The topological polar surface area (TPSA) is 92.9 Å². The van der Waals surface area contributed by atoms with Crippen LogP contribution in [-0.2, 0) is 10.0 Å². The van der Waals surface area contributed by atoms with Crippen LogP contribution in [-0.4, -0.2) is 44.1 Å². The van der Waals surface area contributed by atoms with Gasteiger partial charge in [0.2, 0.25) is 10.0 Å². The van der Waals surface area contributed by atoms with Gasteiger partial charge >= 0.3 is 0 Å². The van der Waals surface area contributed by atoms with Crippen LogP contribution in [0.3, 0.4) is 0 Å². The van der Waals surface area contributed by atoms with Crippen LogP contribution in [0.4, 0.5) is 5.69 Å². The van der Waals surface area contributed by atoms with Crippen LogP contribution in [0.25, 0.3) is 0 Å². The highest BCUT2D eigenvalue weighted by molar-refractivity contribution is 7.89. The van der Waals surface area contributed by atoms with Gasteiger partial charge in [0.1, 0.15) is 5.75 Å². The van der Waals surface area contributed by atoms with Gasteiger partial charge in [-0.1, -0.05) is 0 Å². The predicted molar refractivity (Wildman–Crippen MR) is 71.4 cm³/mol. The summed E-state index contributed by atoms with van der Waals surface area (Å²) in [7, 11) is -2.17. The number of rotatable bonds is 6. The van der Waals surface area contributed by atoms with E-state index in [1.165, 1.54) is 29.6 Å². The second-order valence-corrected chi connectivity index (χ2v) is 6.36. The Morgan fingerprint density at radius 2 is 2.16 bits per heavy atom. The number of benzene rings is 1. The van der Waals surface area contributed by atoms with Crippen molar-refractivity contribution in [3.63, 3.8) is 0 Å². The molecule has 2 rings (SSSR count). The Bertz CT molecular complexity index is 555. The molecular weight excluding hydrogens is 268 g/mol. The lowest BCUT2D eigenvalue weighted by Gasteiger charge is -2.21. The van der Waals surface area contributed by atoms with Crippen molar-refractivity contribution in [3.8, 4) is 5.75 Å². The van der Waals surface area contributed by atoms with Crippen molar-refractivity contribution in [3.05, 3.63) is 18.2 Å². The van der Waals surface area contributed by atoms with Gasteiger partial charge in [0.25, 0.3) is 0 Å². The van der Waals surface area contributed by atoms with Crippen LogP contribution in [0.5, 0.6) is 5.75 Å². The molecule has 0 unspecified atom stereocenters. The van der Waals surface area contributed by atoms with E-state index in [9.17, 15) is 8.42 Å². The number of aliphatic hydroxyl groups excluding tert-OH is 1. The highest BCUT2D eigenvalue weighted by Gasteiger charge is 2.37. The lowest BCUT2D eigenvalue weighted by Crippen LogP contribution is -2.35. The van der Waals surface area contributed by atoms with Gasteiger partial charge in [-0.15, -0.1) is 0 Å². The monoisotopic (exact) mass is 286 g/mol. The Kier molecular flexibility index (Phi) is 3.98. The van der Waals surface area contributed by atoms with Crippen LogP contribution in [0.1, 0.15) is 12.8 Å². The summed E-state index contributed by atoms with van der Waals surface area (Å²) in [4.78, 5) is 0.138. The van der Waals surface area contributed by atoms with E-state index in [2.05, 4.69) is 0 Å². The normalized spacial score (nSPS) is 15.7. The molecule has 0 spiro atoms. The lowest BCUT2D eigenvalue weighted by molar-refractivity contribution is 0.250. The van der Waals surface area contributed by atoms with E-state index < -0.39 is 10.0 Å².